The lowest BCUT2D eigenvalue weighted by Gasteiger charge is -2.15. The average Bonchev–Trinajstić information content (AvgIpc) is 2.70. The van der Waals surface area contributed by atoms with Gasteiger partial charge in [0.05, 0.1) is 12.3 Å². The standard InChI is InChI=1S/C23H19NO2/c1-2-26-20-14-12-19(13-15-20)24-22(17-8-4-3-5-9-17)16-18-10-6-7-11-21(18)23(24)25/h3-16H,2H2,1H3. The summed E-state index contributed by atoms with van der Waals surface area (Å²) in [4.78, 5) is 13.3. The first-order chi connectivity index (χ1) is 12.8. The molecule has 0 bridgehead atoms. The highest BCUT2D eigenvalue weighted by atomic mass is 16.5. The Morgan fingerprint density at radius 3 is 2.27 bits per heavy atom. The van der Waals surface area contributed by atoms with Crippen LogP contribution in [0.4, 0.5) is 0 Å². The maximum absolute atomic E-state index is 13.3. The highest BCUT2D eigenvalue weighted by molar-refractivity contribution is 5.86. The van der Waals surface area contributed by atoms with Crippen LogP contribution in [0.3, 0.4) is 0 Å². The van der Waals surface area contributed by atoms with Crippen molar-refractivity contribution in [1.29, 1.82) is 0 Å². The van der Waals surface area contributed by atoms with Crippen LogP contribution in [0.2, 0.25) is 0 Å². The van der Waals surface area contributed by atoms with E-state index in [1.165, 1.54) is 0 Å². The average molecular weight is 341 g/mol. The molecule has 3 nitrogen and oxygen atoms in total. The minimum absolute atomic E-state index is 0.0221. The molecular weight excluding hydrogens is 322 g/mol. The van der Waals surface area contributed by atoms with E-state index in [1.807, 2.05) is 85.8 Å². The smallest absolute Gasteiger partial charge is 0.263 e. The van der Waals surface area contributed by atoms with Crippen LogP contribution in [-0.4, -0.2) is 11.2 Å². The van der Waals surface area contributed by atoms with Gasteiger partial charge in [-0.2, -0.15) is 0 Å². The molecule has 0 saturated carbocycles. The van der Waals surface area contributed by atoms with Crippen LogP contribution in [0.15, 0.2) is 89.7 Å². The number of aromatic nitrogens is 1. The molecule has 0 aliphatic rings. The molecule has 4 rings (SSSR count). The van der Waals surface area contributed by atoms with Crippen molar-refractivity contribution < 1.29 is 4.74 Å². The SMILES string of the molecule is CCOc1ccc(-n2c(-c3ccccc3)cc3ccccc3c2=O)cc1. The largest absolute Gasteiger partial charge is 0.494 e. The number of pyridine rings is 1. The summed E-state index contributed by atoms with van der Waals surface area (Å²) in [6.45, 7) is 2.57. The van der Waals surface area contributed by atoms with Gasteiger partial charge in [-0.1, -0.05) is 48.5 Å². The van der Waals surface area contributed by atoms with E-state index in [1.54, 1.807) is 4.57 Å². The Kier molecular flexibility index (Phi) is 4.28. The summed E-state index contributed by atoms with van der Waals surface area (Å²) in [7, 11) is 0. The summed E-state index contributed by atoms with van der Waals surface area (Å²) < 4.78 is 7.30. The first-order valence-electron chi connectivity index (χ1n) is 8.71. The summed E-state index contributed by atoms with van der Waals surface area (Å²) >= 11 is 0. The maximum Gasteiger partial charge on any atom is 0.263 e. The van der Waals surface area contributed by atoms with Gasteiger partial charge in [0.2, 0.25) is 0 Å². The first-order valence-corrected chi connectivity index (χ1v) is 8.71. The van der Waals surface area contributed by atoms with Gasteiger partial charge in [0.25, 0.3) is 5.56 Å². The molecule has 0 N–H and O–H groups in total. The monoisotopic (exact) mass is 341 g/mol. The van der Waals surface area contributed by atoms with Gasteiger partial charge >= 0.3 is 0 Å². The van der Waals surface area contributed by atoms with Crippen LogP contribution in [-0.2, 0) is 0 Å². The van der Waals surface area contributed by atoms with E-state index >= 15 is 0 Å². The molecule has 0 unspecified atom stereocenters. The maximum atomic E-state index is 13.3. The fourth-order valence-corrected chi connectivity index (χ4v) is 3.20. The van der Waals surface area contributed by atoms with Gasteiger partial charge < -0.3 is 4.74 Å². The Balaban J connectivity index is 2.00. The van der Waals surface area contributed by atoms with E-state index in [9.17, 15) is 4.79 Å². The second kappa shape index (κ2) is 6.89. The third-order valence-corrected chi connectivity index (χ3v) is 4.40. The molecule has 4 aromatic rings. The highest BCUT2D eigenvalue weighted by Gasteiger charge is 2.12. The van der Waals surface area contributed by atoms with Gasteiger partial charge in [-0.15, -0.1) is 0 Å². The second-order valence-corrected chi connectivity index (χ2v) is 6.05. The Labute approximate surface area is 152 Å². The van der Waals surface area contributed by atoms with Crippen molar-refractivity contribution in [3.8, 4) is 22.7 Å². The molecule has 0 atom stereocenters. The number of hydrogen-bond acceptors (Lipinski definition) is 2. The highest BCUT2D eigenvalue weighted by Crippen LogP contribution is 2.26. The van der Waals surface area contributed by atoms with Gasteiger partial charge in [-0.3, -0.25) is 9.36 Å². The molecule has 0 spiro atoms. The molecule has 0 saturated heterocycles. The van der Waals surface area contributed by atoms with Crippen molar-refractivity contribution >= 4 is 10.8 Å². The molecule has 26 heavy (non-hydrogen) atoms. The molecule has 0 aliphatic carbocycles. The lowest BCUT2D eigenvalue weighted by atomic mass is 10.1. The fourth-order valence-electron chi connectivity index (χ4n) is 3.20. The van der Waals surface area contributed by atoms with E-state index in [4.69, 9.17) is 4.74 Å². The van der Waals surface area contributed by atoms with Crippen molar-refractivity contribution in [2.24, 2.45) is 0 Å². The number of rotatable bonds is 4. The minimum atomic E-state index is -0.0221. The molecule has 3 aromatic carbocycles. The molecule has 0 radical (unpaired) electrons. The van der Waals surface area contributed by atoms with Crippen molar-refractivity contribution in [3.05, 3.63) is 95.3 Å². The quantitative estimate of drug-likeness (QED) is 0.520. The topological polar surface area (TPSA) is 31.2 Å². The molecule has 128 valence electrons. The summed E-state index contributed by atoms with van der Waals surface area (Å²) in [5.74, 6) is 0.798. The number of fused-ring (bicyclic) bond motifs is 1. The number of ether oxygens (including phenoxy) is 1. The number of nitrogens with zero attached hydrogens (tertiary/aromatic N) is 1. The molecular formula is C23H19NO2. The zero-order valence-electron chi connectivity index (χ0n) is 14.6. The van der Waals surface area contributed by atoms with Crippen LogP contribution < -0.4 is 10.3 Å². The third kappa shape index (κ3) is 2.88. The van der Waals surface area contributed by atoms with E-state index < -0.39 is 0 Å². The Hall–Kier alpha value is -3.33. The zero-order valence-corrected chi connectivity index (χ0v) is 14.6. The lowest BCUT2D eigenvalue weighted by Crippen LogP contribution is -2.20. The number of benzene rings is 3. The van der Waals surface area contributed by atoms with Crippen LogP contribution in [0.1, 0.15) is 6.92 Å². The first kappa shape index (κ1) is 16.2. The number of hydrogen-bond donors (Lipinski definition) is 0. The van der Waals surface area contributed by atoms with Gasteiger partial charge in [0, 0.05) is 11.1 Å². The van der Waals surface area contributed by atoms with Crippen LogP contribution in [0.25, 0.3) is 27.7 Å². The molecule has 3 heteroatoms. The summed E-state index contributed by atoms with van der Waals surface area (Å²) in [6, 6.07) is 27.4. The predicted molar refractivity (Wildman–Crippen MR) is 106 cm³/mol. The second-order valence-electron chi connectivity index (χ2n) is 6.05. The minimum Gasteiger partial charge on any atom is -0.494 e. The van der Waals surface area contributed by atoms with Gasteiger partial charge in [0.1, 0.15) is 5.75 Å². The summed E-state index contributed by atoms with van der Waals surface area (Å²) in [5, 5.41) is 1.65. The predicted octanol–water partition coefficient (Wildman–Crippen LogP) is 5.06. The Bertz CT molecular complexity index is 1100. The van der Waals surface area contributed by atoms with E-state index in [2.05, 4.69) is 6.07 Å². The molecule has 0 fully saturated rings. The van der Waals surface area contributed by atoms with Crippen molar-refractivity contribution in [1.82, 2.24) is 4.57 Å². The fraction of sp³-hybridized carbons (Fsp3) is 0.0870. The Morgan fingerprint density at radius 1 is 0.846 bits per heavy atom. The molecule has 1 aromatic heterocycles. The van der Waals surface area contributed by atoms with Crippen LogP contribution >= 0.6 is 0 Å². The summed E-state index contributed by atoms with van der Waals surface area (Å²) in [5.41, 5.74) is 2.68. The molecule has 1 heterocycles. The molecule has 0 amide bonds. The zero-order chi connectivity index (χ0) is 17.9. The van der Waals surface area contributed by atoms with Crippen LogP contribution in [0.5, 0.6) is 5.75 Å². The van der Waals surface area contributed by atoms with E-state index in [0.717, 1.165) is 28.1 Å². The third-order valence-electron chi connectivity index (χ3n) is 4.40. The van der Waals surface area contributed by atoms with E-state index in [0.29, 0.717) is 12.0 Å². The van der Waals surface area contributed by atoms with Crippen molar-refractivity contribution in [3.63, 3.8) is 0 Å². The van der Waals surface area contributed by atoms with Crippen molar-refractivity contribution in [2.45, 2.75) is 6.92 Å². The normalized spacial score (nSPS) is 10.8. The van der Waals surface area contributed by atoms with Gasteiger partial charge in [0.15, 0.2) is 0 Å². The Morgan fingerprint density at radius 2 is 1.54 bits per heavy atom. The van der Waals surface area contributed by atoms with Crippen molar-refractivity contribution in [2.75, 3.05) is 6.61 Å². The lowest BCUT2D eigenvalue weighted by molar-refractivity contribution is 0.340. The van der Waals surface area contributed by atoms with Crippen LogP contribution in [0, 0.1) is 0 Å². The molecule has 0 aliphatic heterocycles. The van der Waals surface area contributed by atoms with E-state index in [-0.39, 0.29) is 5.56 Å². The van der Waals surface area contributed by atoms with Gasteiger partial charge in [-0.25, -0.2) is 0 Å². The van der Waals surface area contributed by atoms with Gasteiger partial charge in [-0.05, 0) is 54.3 Å². The summed E-state index contributed by atoms with van der Waals surface area (Å²) in [6.07, 6.45) is 0.